The van der Waals surface area contributed by atoms with Gasteiger partial charge in [0.05, 0.1) is 5.41 Å². The Balaban J connectivity index is 1.05. The summed E-state index contributed by atoms with van der Waals surface area (Å²) in [4.78, 5) is 28.5. The standard InChI is InChI=1S/C33H40FN3O2/c1-22(36-31(38)26-11-14-29-25(19-26)7-4-8-28(29)23-5-2-3-6-23)21-37-17-15-33(16-18-37)30(20-35-32(33)39)24-9-12-27(34)13-10-24/h4,7,9-14,19,22-23,28,30H,2-3,5-6,8,15-18,20-21H2,1H3,(H,35,39)(H,36,38)/t22-,28?,30?/m0/s1. The summed E-state index contributed by atoms with van der Waals surface area (Å²) in [5.41, 5.74) is 3.92. The molecule has 2 amide bonds. The summed E-state index contributed by atoms with van der Waals surface area (Å²) in [6.07, 6.45) is 12.5. The van der Waals surface area contributed by atoms with E-state index in [2.05, 4.69) is 46.7 Å². The smallest absolute Gasteiger partial charge is 0.251 e. The summed E-state index contributed by atoms with van der Waals surface area (Å²) in [6, 6.07) is 12.9. The third-order valence-corrected chi connectivity index (χ3v) is 9.92. The Hall–Kier alpha value is -2.99. The molecule has 1 spiro atoms. The van der Waals surface area contributed by atoms with Gasteiger partial charge in [0.25, 0.3) is 5.91 Å². The van der Waals surface area contributed by atoms with Crippen LogP contribution in [-0.2, 0) is 4.79 Å². The van der Waals surface area contributed by atoms with Gasteiger partial charge in [-0.3, -0.25) is 9.59 Å². The first-order valence-electron chi connectivity index (χ1n) is 14.8. The van der Waals surface area contributed by atoms with Crippen LogP contribution >= 0.6 is 0 Å². The molecular weight excluding hydrogens is 489 g/mol. The molecule has 206 valence electrons. The fourth-order valence-corrected chi connectivity index (χ4v) is 7.78. The number of piperidine rings is 1. The summed E-state index contributed by atoms with van der Waals surface area (Å²) in [5.74, 6) is 1.28. The molecule has 3 fully saturated rings. The second-order valence-corrected chi connectivity index (χ2v) is 12.3. The third kappa shape index (κ3) is 5.16. The van der Waals surface area contributed by atoms with E-state index in [0.29, 0.717) is 12.5 Å². The monoisotopic (exact) mass is 529 g/mol. The Labute approximate surface area is 231 Å². The predicted octanol–water partition coefficient (Wildman–Crippen LogP) is 5.63. The van der Waals surface area contributed by atoms with Gasteiger partial charge in [0, 0.05) is 30.6 Å². The highest BCUT2D eigenvalue weighted by molar-refractivity contribution is 5.95. The lowest BCUT2D eigenvalue weighted by Gasteiger charge is -2.41. The molecule has 3 atom stereocenters. The van der Waals surface area contributed by atoms with Crippen molar-refractivity contribution in [3.05, 3.63) is 76.6 Å². The van der Waals surface area contributed by atoms with Crippen LogP contribution in [0.4, 0.5) is 4.39 Å². The van der Waals surface area contributed by atoms with Gasteiger partial charge in [-0.05, 0) is 105 Å². The SMILES string of the molecule is C[C@@H](CN1CCC2(CC1)C(=O)NCC2c1ccc(F)cc1)NC(=O)c1ccc2c(c1)C=CCC2C1CCCC1. The largest absolute Gasteiger partial charge is 0.355 e. The van der Waals surface area contributed by atoms with E-state index in [1.54, 1.807) is 0 Å². The Kier molecular flexibility index (Phi) is 7.32. The molecule has 2 N–H and O–H groups in total. The summed E-state index contributed by atoms with van der Waals surface area (Å²) in [7, 11) is 0. The molecule has 0 bridgehead atoms. The van der Waals surface area contributed by atoms with Gasteiger partial charge in [0.1, 0.15) is 5.82 Å². The van der Waals surface area contributed by atoms with Gasteiger partial charge in [-0.15, -0.1) is 0 Å². The number of halogens is 1. The van der Waals surface area contributed by atoms with Gasteiger partial charge in [-0.2, -0.15) is 0 Å². The van der Waals surface area contributed by atoms with Crippen molar-refractivity contribution in [2.75, 3.05) is 26.2 Å². The molecule has 0 radical (unpaired) electrons. The van der Waals surface area contributed by atoms with E-state index in [9.17, 15) is 14.0 Å². The Bertz CT molecular complexity index is 1240. The predicted molar refractivity (Wildman–Crippen MR) is 152 cm³/mol. The molecule has 39 heavy (non-hydrogen) atoms. The summed E-state index contributed by atoms with van der Waals surface area (Å²) >= 11 is 0. The number of allylic oxidation sites excluding steroid dienone is 1. The average Bonchev–Trinajstić information content (AvgIpc) is 3.59. The van der Waals surface area contributed by atoms with Gasteiger partial charge >= 0.3 is 0 Å². The van der Waals surface area contributed by atoms with E-state index in [1.165, 1.54) is 48.9 Å². The number of hydrogen-bond acceptors (Lipinski definition) is 3. The Morgan fingerprint density at radius 2 is 1.87 bits per heavy atom. The first kappa shape index (κ1) is 26.2. The molecule has 4 aliphatic rings. The fourth-order valence-electron chi connectivity index (χ4n) is 7.78. The van der Waals surface area contributed by atoms with Crippen LogP contribution in [0.15, 0.2) is 48.5 Å². The average molecular weight is 530 g/mol. The van der Waals surface area contributed by atoms with E-state index in [1.807, 2.05) is 18.2 Å². The molecule has 2 unspecified atom stereocenters. The summed E-state index contributed by atoms with van der Waals surface area (Å²) < 4.78 is 13.5. The van der Waals surface area contributed by atoms with Crippen molar-refractivity contribution in [1.82, 2.24) is 15.5 Å². The maximum absolute atomic E-state index is 13.5. The highest BCUT2D eigenvalue weighted by Crippen LogP contribution is 2.48. The molecule has 0 aromatic heterocycles. The maximum Gasteiger partial charge on any atom is 0.251 e. The second-order valence-electron chi connectivity index (χ2n) is 12.3. The van der Waals surface area contributed by atoms with E-state index >= 15 is 0 Å². The molecule has 6 rings (SSSR count). The molecule has 2 aromatic rings. The highest BCUT2D eigenvalue weighted by atomic mass is 19.1. The minimum atomic E-state index is -0.437. The van der Waals surface area contributed by atoms with Crippen molar-refractivity contribution >= 4 is 17.9 Å². The Morgan fingerprint density at radius 1 is 1.13 bits per heavy atom. The van der Waals surface area contributed by atoms with Gasteiger partial charge in [0.2, 0.25) is 5.91 Å². The number of nitrogens with one attached hydrogen (secondary N) is 2. The van der Waals surface area contributed by atoms with Crippen molar-refractivity contribution < 1.29 is 14.0 Å². The minimum absolute atomic E-state index is 0.00494. The van der Waals surface area contributed by atoms with Crippen molar-refractivity contribution in [1.29, 1.82) is 0 Å². The van der Waals surface area contributed by atoms with Gasteiger partial charge in [-0.1, -0.05) is 43.2 Å². The number of benzene rings is 2. The number of hydrogen-bond donors (Lipinski definition) is 2. The normalized spacial score (nSPS) is 25.4. The molecule has 2 heterocycles. The van der Waals surface area contributed by atoms with E-state index in [0.717, 1.165) is 55.9 Å². The van der Waals surface area contributed by atoms with Crippen LogP contribution in [0.2, 0.25) is 0 Å². The highest BCUT2D eigenvalue weighted by Gasteiger charge is 2.52. The number of carbonyl (C=O) groups is 2. The first-order valence-corrected chi connectivity index (χ1v) is 14.8. The van der Waals surface area contributed by atoms with Crippen molar-refractivity contribution in [3.8, 4) is 0 Å². The molecule has 2 aliphatic carbocycles. The first-order chi connectivity index (χ1) is 18.9. The number of carbonyl (C=O) groups excluding carboxylic acids is 2. The molecule has 6 heteroatoms. The van der Waals surface area contributed by atoms with Crippen LogP contribution in [-0.4, -0.2) is 48.9 Å². The zero-order chi connectivity index (χ0) is 27.0. The van der Waals surface area contributed by atoms with Crippen molar-refractivity contribution in [3.63, 3.8) is 0 Å². The van der Waals surface area contributed by atoms with E-state index in [-0.39, 0.29) is 29.6 Å². The van der Waals surface area contributed by atoms with Gasteiger partial charge in [0.15, 0.2) is 0 Å². The van der Waals surface area contributed by atoms with Crippen LogP contribution < -0.4 is 10.6 Å². The second kappa shape index (κ2) is 10.9. The van der Waals surface area contributed by atoms with E-state index < -0.39 is 5.41 Å². The zero-order valence-electron chi connectivity index (χ0n) is 22.9. The zero-order valence-corrected chi connectivity index (χ0v) is 22.9. The number of amides is 2. The summed E-state index contributed by atoms with van der Waals surface area (Å²) in [6.45, 7) is 5.02. The molecule has 2 aromatic carbocycles. The lowest BCUT2D eigenvalue weighted by atomic mass is 9.68. The van der Waals surface area contributed by atoms with Crippen LogP contribution in [0.3, 0.4) is 0 Å². The van der Waals surface area contributed by atoms with Crippen LogP contribution in [0, 0.1) is 17.2 Å². The van der Waals surface area contributed by atoms with Gasteiger partial charge in [-0.25, -0.2) is 4.39 Å². The van der Waals surface area contributed by atoms with Crippen LogP contribution in [0.25, 0.3) is 6.08 Å². The number of rotatable bonds is 6. The number of likely N-dealkylation sites (tertiary alicyclic amines) is 1. The maximum atomic E-state index is 13.5. The molecule has 2 saturated heterocycles. The van der Waals surface area contributed by atoms with Gasteiger partial charge < -0.3 is 15.5 Å². The third-order valence-electron chi connectivity index (χ3n) is 9.92. The molecule has 5 nitrogen and oxygen atoms in total. The topological polar surface area (TPSA) is 61.4 Å². The Morgan fingerprint density at radius 3 is 2.62 bits per heavy atom. The van der Waals surface area contributed by atoms with E-state index in [4.69, 9.17) is 0 Å². The van der Waals surface area contributed by atoms with Crippen molar-refractivity contribution in [2.45, 2.75) is 69.7 Å². The summed E-state index contributed by atoms with van der Waals surface area (Å²) in [5, 5.41) is 6.28. The number of fused-ring (bicyclic) bond motifs is 1. The lowest BCUT2D eigenvalue weighted by molar-refractivity contribution is -0.130. The van der Waals surface area contributed by atoms with Crippen molar-refractivity contribution in [2.24, 2.45) is 11.3 Å². The lowest BCUT2D eigenvalue weighted by Crippen LogP contribution is -2.49. The molecule has 1 saturated carbocycles. The fraction of sp³-hybridized carbons (Fsp3) is 0.515. The number of nitrogens with zero attached hydrogens (tertiary/aromatic N) is 1. The molecule has 2 aliphatic heterocycles. The van der Waals surface area contributed by atoms with Crippen LogP contribution in [0.1, 0.15) is 90.8 Å². The minimum Gasteiger partial charge on any atom is -0.355 e. The molecular formula is C33H40FN3O2. The van der Waals surface area contributed by atoms with Crippen LogP contribution in [0.5, 0.6) is 0 Å². The quantitative estimate of drug-likeness (QED) is 0.510.